The molecule has 3 aromatic heterocycles. The molecule has 2 aromatic carbocycles. The number of pyridine rings is 2. The summed E-state index contributed by atoms with van der Waals surface area (Å²) in [6.07, 6.45) is 3.23. The van der Waals surface area contributed by atoms with Gasteiger partial charge in [-0.15, -0.1) is 0 Å². The van der Waals surface area contributed by atoms with Crippen LogP contribution in [0.25, 0.3) is 33.4 Å². The fraction of sp³-hybridized carbons (Fsp3) is 0.278. The van der Waals surface area contributed by atoms with Gasteiger partial charge in [0.2, 0.25) is 5.91 Å². The third kappa shape index (κ3) is 8.78. The highest BCUT2D eigenvalue weighted by Crippen LogP contribution is 2.34. The van der Waals surface area contributed by atoms with Gasteiger partial charge in [-0.25, -0.2) is 14.0 Å². The summed E-state index contributed by atoms with van der Waals surface area (Å²) in [6.45, 7) is 8.69. The Labute approximate surface area is 277 Å². The number of halogens is 1. The van der Waals surface area contributed by atoms with Gasteiger partial charge in [0.15, 0.2) is 0 Å². The highest BCUT2D eigenvalue weighted by atomic mass is 19.1. The molecule has 11 nitrogen and oxygen atoms in total. The summed E-state index contributed by atoms with van der Waals surface area (Å²) >= 11 is 0. The van der Waals surface area contributed by atoms with Crippen molar-refractivity contribution in [1.82, 2.24) is 25.1 Å². The molecule has 0 aliphatic heterocycles. The average molecular weight is 653 g/mol. The van der Waals surface area contributed by atoms with E-state index in [0.29, 0.717) is 17.8 Å². The average Bonchev–Trinajstić information content (AvgIpc) is 3.42. The lowest BCUT2D eigenvalue weighted by Crippen LogP contribution is -2.38. The van der Waals surface area contributed by atoms with Gasteiger partial charge < -0.3 is 20.1 Å². The second-order valence-electron chi connectivity index (χ2n) is 12.4. The van der Waals surface area contributed by atoms with Gasteiger partial charge in [-0.3, -0.25) is 19.4 Å². The van der Waals surface area contributed by atoms with Crippen molar-refractivity contribution < 1.29 is 28.2 Å². The highest BCUT2D eigenvalue weighted by Gasteiger charge is 2.20. The van der Waals surface area contributed by atoms with Crippen molar-refractivity contribution in [3.63, 3.8) is 0 Å². The number of nitrogens with zero attached hydrogens (tertiary/aromatic N) is 4. The first-order chi connectivity index (χ1) is 22.8. The predicted octanol–water partition coefficient (Wildman–Crippen LogP) is 6.71. The third-order valence-electron chi connectivity index (χ3n) is 7.10. The molecule has 12 heteroatoms. The molecule has 3 heterocycles. The molecule has 5 rings (SSSR count). The highest BCUT2D eigenvalue weighted by molar-refractivity contribution is 5.98. The number of amides is 2. The Morgan fingerprint density at radius 1 is 1.00 bits per heavy atom. The van der Waals surface area contributed by atoms with E-state index in [4.69, 9.17) is 14.6 Å². The smallest absolute Gasteiger partial charge is 0.407 e. The molecule has 5 aromatic rings. The molecule has 0 fully saturated rings. The number of alkyl carbamates (subject to hydrolysis) is 1. The molecule has 1 atom stereocenters. The number of hydrogen-bond donors (Lipinski definition) is 2. The molecule has 0 saturated carbocycles. The molecule has 1 unspecified atom stereocenters. The molecule has 0 aliphatic carbocycles. The number of rotatable bonds is 10. The van der Waals surface area contributed by atoms with E-state index in [0.717, 1.165) is 39.9 Å². The standard InChI is InChI=1S/C36H37FN6O5/c1-22-9-8-12-31(39-22)33-29(27-13-15-38-30-11-7-6-10-28(27)30)20-43(42-33)21-32(44)41-26-18-24(17-25(37)19-26)34(45)47-16-14-23(2)40-35(46)48-36(3,4)5/h6-13,15,17-20,23H,14,16,21H2,1-5H3,(H,40,46)(H,41,44). The van der Waals surface area contributed by atoms with Gasteiger partial charge in [-0.2, -0.15) is 5.10 Å². The van der Waals surface area contributed by atoms with Crippen molar-refractivity contribution in [2.45, 2.75) is 59.2 Å². The second kappa shape index (κ2) is 14.4. The number of hydrogen-bond acceptors (Lipinski definition) is 8. The first-order valence-corrected chi connectivity index (χ1v) is 15.5. The van der Waals surface area contributed by atoms with Crippen molar-refractivity contribution in [3.8, 4) is 22.5 Å². The van der Waals surface area contributed by atoms with Crippen LogP contribution < -0.4 is 10.6 Å². The quantitative estimate of drug-likeness (QED) is 0.159. The SMILES string of the molecule is Cc1cccc(-c2nn(CC(=O)Nc3cc(F)cc(C(=O)OCCC(C)NC(=O)OC(C)(C)C)c3)cc2-c2ccnc3ccccc23)n1. The summed E-state index contributed by atoms with van der Waals surface area (Å²) in [7, 11) is 0. The lowest BCUT2D eigenvalue weighted by Gasteiger charge is -2.21. The van der Waals surface area contributed by atoms with Crippen molar-refractivity contribution >= 4 is 34.6 Å². The normalized spacial score (nSPS) is 12.0. The molecule has 2 N–H and O–H groups in total. The zero-order valence-corrected chi connectivity index (χ0v) is 27.4. The van der Waals surface area contributed by atoms with Gasteiger partial charge in [0.1, 0.15) is 23.7 Å². The van der Waals surface area contributed by atoms with Gasteiger partial charge >= 0.3 is 12.1 Å². The van der Waals surface area contributed by atoms with Crippen molar-refractivity contribution in [2.75, 3.05) is 11.9 Å². The number of benzene rings is 2. The fourth-order valence-electron chi connectivity index (χ4n) is 5.01. The summed E-state index contributed by atoms with van der Waals surface area (Å²) in [5, 5.41) is 11.0. The van der Waals surface area contributed by atoms with Crippen LogP contribution in [-0.4, -0.2) is 56.0 Å². The summed E-state index contributed by atoms with van der Waals surface area (Å²) < 4.78 is 26.6. The number of anilines is 1. The number of ether oxygens (including phenoxy) is 2. The van der Waals surface area contributed by atoms with E-state index < -0.39 is 29.4 Å². The van der Waals surface area contributed by atoms with Crippen LogP contribution in [0.4, 0.5) is 14.9 Å². The Balaban J connectivity index is 1.28. The molecule has 48 heavy (non-hydrogen) atoms. The number of fused-ring (bicyclic) bond motifs is 1. The first-order valence-electron chi connectivity index (χ1n) is 15.5. The van der Waals surface area contributed by atoms with Crippen molar-refractivity contribution in [1.29, 1.82) is 0 Å². The van der Waals surface area contributed by atoms with Crippen LogP contribution in [-0.2, 0) is 20.8 Å². The maximum atomic E-state index is 14.5. The zero-order chi connectivity index (χ0) is 34.4. The van der Waals surface area contributed by atoms with E-state index in [1.54, 1.807) is 40.1 Å². The van der Waals surface area contributed by atoms with E-state index in [1.165, 1.54) is 10.7 Å². The van der Waals surface area contributed by atoms with E-state index in [-0.39, 0.29) is 30.4 Å². The Morgan fingerprint density at radius 3 is 2.56 bits per heavy atom. The van der Waals surface area contributed by atoms with E-state index in [9.17, 15) is 18.8 Å². The molecule has 0 saturated heterocycles. The predicted molar refractivity (Wildman–Crippen MR) is 180 cm³/mol. The summed E-state index contributed by atoms with van der Waals surface area (Å²) in [5.74, 6) is -1.98. The Hall–Kier alpha value is -5.65. The van der Waals surface area contributed by atoms with Crippen LogP contribution in [0.5, 0.6) is 0 Å². The second-order valence-corrected chi connectivity index (χ2v) is 12.4. The summed E-state index contributed by atoms with van der Waals surface area (Å²) in [5.41, 5.74) is 3.90. The van der Waals surface area contributed by atoms with E-state index >= 15 is 0 Å². The first kappa shape index (κ1) is 33.7. The largest absolute Gasteiger partial charge is 0.462 e. The van der Waals surface area contributed by atoms with Gasteiger partial charge in [0.25, 0.3) is 0 Å². The molecule has 0 aliphatic rings. The number of nitrogens with one attached hydrogen (secondary N) is 2. The number of carbonyl (C=O) groups is 3. The Morgan fingerprint density at radius 2 is 1.79 bits per heavy atom. The van der Waals surface area contributed by atoms with Gasteiger partial charge in [-0.1, -0.05) is 24.3 Å². The molecule has 2 amide bonds. The molecule has 0 radical (unpaired) electrons. The molecule has 0 spiro atoms. The maximum absolute atomic E-state index is 14.5. The van der Waals surface area contributed by atoms with Crippen molar-refractivity contribution in [2.24, 2.45) is 0 Å². The minimum absolute atomic E-state index is 0.0273. The van der Waals surface area contributed by atoms with Crippen LogP contribution >= 0.6 is 0 Å². The van der Waals surface area contributed by atoms with Gasteiger partial charge in [-0.05, 0) is 82.6 Å². The molecule has 0 bridgehead atoms. The Bertz CT molecular complexity index is 1960. The van der Waals surface area contributed by atoms with E-state index in [2.05, 4.69) is 20.6 Å². The van der Waals surface area contributed by atoms with Crippen LogP contribution in [0.1, 0.15) is 50.2 Å². The lowest BCUT2D eigenvalue weighted by atomic mass is 10.0. The number of aromatic nitrogens is 4. The summed E-state index contributed by atoms with van der Waals surface area (Å²) in [4.78, 5) is 47.0. The minimum Gasteiger partial charge on any atom is -0.462 e. The van der Waals surface area contributed by atoms with Gasteiger partial charge in [0.05, 0.1) is 23.4 Å². The topological polar surface area (TPSA) is 137 Å². The third-order valence-corrected chi connectivity index (χ3v) is 7.10. The number of esters is 1. The fourth-order valence-corrected chi connectivity index (χ4v) is 5.01. The molecular formula is C36H37FN6O5. The lowest BCUT2D eigenvalue weighted by molar-refractivity contribution is -0.116. The van der Waals surface area contributed by atoms with Crippen LogP contribution in [0.15, 0.2) is 79.1 Å². The monoisotopic (exact) mass is 652 g/mol. The number of carbonyl (C=O) groups excluding carboxylic acids is 3. The number of aryl methyl sites for hydroxylation is 1. The van der Waals surface area contributed by atoms with Crippen LogP contribution in [0, 0.1) is 12.7 Å². The minimum atomic E-state index is -0.772. The van der Waals surface area contributed by atoms with Gasteiger partial charge in [0, 0.05) is 47.2 Å². The molecular weight excluding hydrogens is 615 g/mol. The van der Waals surface area contributed by atoms with Crippen molar-refractivity contribution in [3.05, 3.63) is 96.2 Å². The molecule has 248 valence electrons. The van der Waals surface area contributed by atoms with Crippen LogP contribution in [0.3, 0.4) is 0 Å². The van der Waals surface area contributed by atoms with E-state index in [1.807, 2.05) is 55.5 Å². The number of para-hydroxylation sites is 1. The van der Waals surface area contributed by atoms with Crippen LogP contribution in [0.2, 0.25) is 0 Å². The maximum Gasteiger partial charge on any atom is 0.407 e. The summed E-state index contributed by atoms with van der Waals surface area (Å²) in [6, 6.07) is 18.4. The zero-order valence-electron chi connectivity index (χ0n) is 27.4. The Kier molecular flexibility index (Phi) is 10.1.